The normalized spacial score (nSPS) is 21.1. The molecule has 156 valence electrons. The van der Waals surface area contributed by atoms with E-state index in [1.165, 1.54) is 21.3 Å². The average molecular weight is 511 g/mol. The van der Waals surface area contributed by atoms with Gasteiger partial charge in [0.25, 0.3) is 5.91 Å². The van der Waals surface area contributed by atoms with Gasteiger partial charge in [0.2, 0.25) is 5.75 Å². The van der Waals surface area contributed by atoms with E-state index in [2.05, 4.69) is 34.7 Å². The molecule has 3 rings (SSSR count). The zero-order valence-electron chi connectivity index (χ0n) is 16.9. The topological polar surface area (TPSA) is 68.2 Å². The summed E-state index contributed by atoms with van der Waals surface area (Å²) in [6.07, 6.45) is 1.39. The Kier molecular flexibility index (Phi) is 6.89. The summed E-state index contributed by atoms with van der Waals surface area (Å²) in [6.45, 7) is 0.679. The number of alkyl halides is 1. The monoisotopic (exact) mass is 511 g/mol. The van der Waals surface area contributed by atoms with Gasteiger partial charge < -0.3 is 24.2 Å². The molecule has 7 heteroatoms. The van der Waals surface area contributed by atoms with Crippen LogP contribution in [-0.4, -0.2) is 54.4 Å². The Morgan fingerprint density at radius 2 is 1.76 bits per heavy atom. The van der Waals surface area contributed by atoms with Gasteiger partial charge in [-0.15, -0.1) is 0 Å². The van der Waals surface area contributed by atoms with Gasteiger partial charge in [-0.3, -0.25) is 4.79 Å². The minimum atomic E-state index is -0.285. The van der Waals surface area contributed by atoms with Crippen LogP contribution < -0.4 is 14.2 Å². The van der Waals surface area contributed by atoms with Crippen LogP contribution in [0.15, 0.2) is 42.5 Å². The third-order valence-electron chi connectivity index (χ3n) is 5.61. The summed E-state index contributed by atoms with van der Waals surface area (Å²) in [5, 5.41) is 9.75. The number of ether oxygens (including phenoxy) is 3. The summed E-state index contributed by atoms with van der Waals surface area (Å²) in [5.74, 6) is 1.26. The maximum atomic E-state index is 13.4. The molecule has 6 nitrogen and oxygen atoms in total. The van der Waals surface area contributed by atoms with Crippen LogP contribution in [-0.2, 0) is 5.41 Å². The molecule has 0 aliphatic carbocycles. The number of likely N-dealkylation sites (tertiary alicyclic amines) is 1. The zero-order valence-corrected chi connectivity index (χ0v) is 19.0. The van der Waals surface area contributed by atoms with E-state index in [0.29, 0.717) is 35.8 Å². The number of rotatable bonds is 7. The highest BCUT2D eigenvalue weighted by Gasteiger charge is 2.48. The number of halogens is 1. The highest BCUT2D eigenvalue weighted by atomic mass is 127. The molecule has 1 saturated heterocycles. The number of benzene rings is 2. The molecule has 1 amide bonds. The van der Waals surface area contributed by atoms with Crippen LogP contribution in [0.3, 0.4) is 0 Å². The third kappa shape index (κ3) is 3.90. The first-order chi connectivity index (χ1) is 14.0. The molecule has 1 N–H and O–H groups in total. The van der Waals surface area contributed by atoms with Gasteiger partial charge in [-0.2, -0.15) is 0 Å². The molecule has 2 aromatic carbocycles. The molecular formula is C22H26INO5. The SMILES string of the molecule is COc1cc(C(=O)N2CCC(CCO)(c3ccccc3)C2I)cc(OC)c1OC. The van der Waals surface area contributed by atoms with Crippen molar-refractivity contribution in [2.45, 2.75) is 22.3 Å². The lowest BCUT2D eigenvalue weighted by molar-refractivity contribution is 0.0768. The van der Waals surface area contributed by atoms with Gasteiger partial charge in [-0.05, 0) is 30.5 Å². The van der Waals surface area contributed by atoms with Crippen molar-refractivity contribution in [3.05, 3.63) is 53.6 Å². The fourth-order valence-corrected chi connectivity index (χ4v) is 5.58. The largest absolute Gasteiger partial charge is 0.493 e. The van der Waals surface area contributed by atoms with Crippen molar-refractivity contribution in [3.8, 4) is 17.2 Å². The van der Waals surface area contributed by atoms with Crippen LogP contribution in [0.25, 0.3) is 0 Å². The highest BCUT2D eigenvalue weighted by molar-refractivity contribution is 14.1. The lowest BCUT2D eigenvalue weighted by Gasteiger charge is -2.35. The number of hydrogen-bond acceptors (Lipinski definition) is 5. The first-order valence-corrected chi connectivity index (χ1v) is 10.7. The maximum absolute atomic E-state index is 13.4. The van der Waals surface area contributed by atoms with Crippen molar-refractivity contribution in [3.63, 3.8) is 0 Å². The Bertz CT molecular complexity index is 835. The smallest absolute Gasteiger partial charge is 0.255 e. The quantitative estimate of drug-likeness (QED) is 0.350. The lowest BCUT2D eigenvalue weighted by Crippen LogP contribution is -2.41. The molecule has 29 heavy (non-hydrogen) atoms. The van der Waals surface area contributed by atoms with Crippen LogP contribution in [0.2, 0.25) is 0 Å². The van der Waals surface area contributed by atoms with E-state index in [9.17, 15) is 9.90 Å². The molecule has 2 aromatic rings. The van der Waals surface area contributed by atoms with Gasteiger partial charge in [0.1, 0.15) is 0 Å². The number of hydrogen-bond donors (Lipinski definition) is 1. The Hall–Kier alpha value is -2.00. The number of carbonyl (C=O) groups excluding carboxylic acids is 1. The lowest BCUT2D eigenvalue weighted by atomic mass is 9.77. The zero-order chi connectivity index (χ0) is 21.0. The minimum Gasteiger partial charge on any atom is -0.493 e. The van der Waals surface area contributed by atoms with E-state index in [-0.39, 0.29) is 22.0 Å². The van der Waals surface area contributed by atoms with E-state index in [1.54, 1.807) is 12.1 Å². The number of amides is 1. The average Bonchev–Trinajstić information content (AvgIpc) is 3.10. The standard InChI is InChI=1S/C22H26INO5/c1-27-17-13-15(14-18(28-2)19(17)29-3)20(26)24-11-9-22(10-12-25,21(24)23)16-7-5-4-6-8-16/h4-8,13-14,21,25H,9-12H2,1-3H3. The highest BCUT2D eigenvalue weighted by Crippen LogP contribution is 2.47. The number of aliphatic hydroxyl groups excluding tert-OH is 1. The van der Waals surface area contributed by atoms with Crippen molar-refractivity contribution >= 4 is 28.5 Å². The predicted molar refractivity (Wildman–Crippen MR) is 119 cm³/mol. The molecule has 1 heterocycles. The molecule has 0 spiro atoms. The van der Waals surface area contributed by atoms with Gasteiger partial charge in [-0.1, -0.05) is 52.9 Å². The number of aliphatic hydroxyl groups is 1. The molecule has 1 aliphatic heterocycles. The van der Waals surface area contributed by atoms with Crippen molar-refractivity contribution in [1.82, 2.24) is 4.90 Å². The summed E-state index contributed by atoms with van der Waals surface area (Å²) in [4.78, 5) is 15.3. The summed E-state index contributed by atoms with van der Waals surface area (Å²) in [6, 6.07) is 13.5. The fraction of sp³-hybridized carbons (Fsp3) is 0.409. The number of nitrogens with zero attached hydrogens (tertiary/aromatic N) is 1. The van der Waals surface area contributed by atoms with Gasteiger partial charge in [0.05, 0.1) is 25.4 Å². The van der Waals surface area contributed by atoms with Crippen LogP contribution in [0, 0.1) is 0 Å². The van der Waals surface area contributed by atoms with Gasteiger partial charge in [-0.25, -0.2) is 0 Å². The molecule has 0 bridgehead atoms. The molecule has 1 aliphatic rings. The Morgan fingerprint density at radius 3 is 2.28 bits per heavy atom. The Morgan fingerprint density at radius 1 is 1.14 bits per heavy atom. The molecule has 0 saturated carbocycles. The first kappa shape index (κ1) is 21.7. The van der Waals surface area contributed by atoms with E-state index in [0.717, 1.165) is 12.0 Å². The first-order valence-electron chi connectivity index (χ1n) is 9.43. The van der Waals surface area contributed by atoms with Crippen LogP contribution in [0.4, 0.5) is 0 Å². The van der Waals surface area contributed by atoms with Crippen molar-refractivity contribution < 1.29 is 24.1 Å². The predicted octanol–water partition coefficient (Wildman–Crippen LogP) is 3.64. The van der Waals surface area contributed by atoms with Crippen molar-refractivity contribution in [1.29, 1.82) is 0 Å². The molecule has 0 aromatic heterocycles. The second kappa shape index (κ2) is 9.21. The van der Waals surface area contributed by atoms with Crippen LogP contribution >= 0.6 is 22.6 Å². The molecule has 2 unspecified atom stereocenters. The van der Waals surface area contributed by atoms with E-state index < -0.39 is 0 Å². The van der Waals surface area contributed by atoms with E-state index >= 15 is 0 Å². The molecular weight excluding hydrogens is 485 g/mol. The van der Waals surface area contributed by atoms with Gasteiger partial charge in [0, 0.05) is 24.1 Å². The van der Waals surface area contributed by atoms with E-state index in [4.69, 9.17) is 14.2 Å². The van der Waals surface area contributed by atoms with Crippen LogP contribution in [0.5, 0.6) is 17.2 Å². The van der Waals surface area contributed by atoms with E-state index in [1.807, 2.05) is 23.1 Å². The minimum absolute atomic E-state index is 0.0700. The van der Waals surface area contributed by atoms with Crippen molar-refractivity contribution in [2.75, 3.05) is 34.5 Å². The Balaban J connectivity index is 1.97. The van der Waals surface area contributed by atoms with Crippen LogP contribution in [0.1, 0.15) is 28.8 Å². The molecule has 2 atom stereocenters. The third-order valence-corrected chi connectivity index (χ3v) is 7.47. The second-order valence-corrected chi connectivity index (χ2v) is 8.17. The van der Waals surface area contributed by atoms with Crippen molar-refractivity contribution in [2.24, 2.45) is 0 Å². The number of methoxy groups -OCH3 is 3. The fourth-order valence-electron chi connectivity index (χ4n) is 4.07. The molecule has 0 radical (unpaired) electrons. The maximum Gasteiger partial charge on any atom is 0.255 e. The summed E-state index contributed by atoms with van der Waals surface area (Å²) in [7, 11) is 4.60. The molecule has 1 fully saturated rings. The van der Waals surface area contributed by atoms with Gasteiger partial charge in [0.15, 0.2) is 11.5 Å². The Labute approximate surface area is 184 Å². The second-order valence-electron chi connectivity index (χ2n) is 6.99. The van der Waals surface area contributed by atoms with Gasteiger partial charge >= 0.3 is 0 Å². The summed E-state index contributed by atoms with van der Waals surface area (Å²) in [5.41, 5.74) is 1.34. The number of carbonyl (C=O) groups is 1. The summed E-state index contributed by atoms with van der Waals surface area (Å²) < 4.78 is 16.1. The summed E-state index contributed by atoms with van der Waals surface area (Å²) >= 11 is 2.33.